The van der Waals surface area contributed by atoms with Gasteiger partial charge in [0, 0.05) is 12.2 Å². The topological polar surface area (TPSA) is 66.9 Å². The van der Waals surface area contributed by atoms with Crippen LogP contribution in [0.4, 0.5) is 11.5 Å². The fraction of sp³-hybridized carbons (Fsp3) is 0.190. The molecule has 1 amide bonds. The molecule has 0 saturated carbocycles. The minimum absolute atomic E-state index is 0.239. The average molecular weight is 346 g/mol. The molecule has 0 spiro atoms. The lowest BCUT2D eigenvalue weighted by molar-refractivity contribution is 0.0945. The zero-order valence-corrected chi connectivity index (χ0v) is 15.2. The lowest BCUT2D eigenvalue weighted by Crippen LogP contribution is -2.24. The van der Waals surface area contributed by atoms with Crippen molar-refractivity contribution in [1.82, 2.24) is 15.3 Å². The number of aromatic nitrogens is 2. The molecule has 26 heavy (non-hydrogen) atoms. The summed E-state index contributed by atoms with van der Waals surface area (Å²) in [6.45, 7) is 6.56. The SMILES string of the molecule is Cc1ccc(CNC(=O)c2cnc(Nc3cc(C)ccc3C)cn2)cc1. The van der Waals surface area contributed by atoms with E-state index in [-0.39, 0.29) is 5.91 Å². The minimum Gasteiger partial charge on any atom is -0.347 e. The Balaban J connectivity index is 1.62. The monoisotopic (exact) mass is 346 g/mol. The van der Waals surface area contributed by atoms with E-state index in [0.29, 0.717) is 18.1 Å². The van der Waals surface area contributed by atoms with Crippen molar-refractivity contribution in [1.29, 1.82) is 0 Å². The van der Waals surface area contributed by atoms with Crippen LogP contribution in [0.2, 0.25) is 0 Å². The van der Waals surface area contributed by atoms with Gasteiger partial charge in [0.25, 0.3) is 5.91 Å². The van der Waals surface area contributed by atoms with Gasteiger partial charge in [-0.2, -0.15) is 0 Å². The first kappa shape index (κ1) is 17.6. The molecule has 132 valence electrons. The molecule has 0 aliphatic rings. The van der Waals surface area contributed by atoms with Crippen LogP contribution in [-0.4, -0.2) is 15.9 Å². The summed E-state index contributed by atoms with van der Waals surface area (Å²) in [7, 11) is 0. The molecule has 0 atom stereocenters. The van der Waals surface area contributed by atoms with E-state index in [2.05, 4.69) is 38.8 Å². The average Bonchev–Trinajstić information content (AvgIpc) is 2.64. The third kappa shape index (κ3) is 4.45. The number of benzene rings is 2. The third-order valence-corrected chi connectivity index (χ3v) is 4.11. The normalized spacial score (nSPS) is 10.4. The van der Waals surface area contributed by atoms with E-state index < -0.39 is 0 Å². The Morgan fingerprint density at radius 1 is 0.923 bits per heavy atom. The van der Waals surface area contributed by atoms with E-state index in [1.165, 1.54) is 11.8 Å². The quantitative estimate of drug-likeness (QED) is 0.731. The summed E-state index contributed by atoms with van der Waals surface area (Å²) in [6.07, 6.45) is 3.06. The highest BCUT2D eigenvalue weighted by atomic mass is 16.1. The van der Waals surface area contributed by atoms with E-state index in [9.17, 15) is 4.79 Å². The van der Waals surface area contributed by atoms with E-state index >= 15 is 0 Å². The van der Waals surface area contributed by atoms with Gasteiger partial charge in [0.15, 0.2) is 0 Å². The molecule has 5 nitrogen and oxygen atoms in total. The Morgan fingerprint density at radius 3 is 2.35 bits per heavy atom. The van der Waals surface area contributed by atoms with Crippen LogP contribution in [-0.2, 0) is 6.54 Å². The van der Waals surface area contributed by atoms with Gasteiger partial charge >= 0.3 is 0 Å². The van der Waals surface area contributed by atoms with Crippen molar-refractivity contribution in [2.75, 3.05) is 5.32 Å². The highest BCUT2D eigenvalue weighted by molar-refractivity contribution is 5.92. The number of aryl methyl sites for hydroxylation is 3. The van der Waals surface area contributed by atoms with Gasteiger partial charge in [0.05, 0.1) is 12.4 Å². The van der Waals surface area contributed by atoms with Crippen LogP contribution in [0.25, 0.3) is 0 Å². The minimum atomic E-state index is -0.239. The van der Waals surface area contributed by atoms with Gasteiger partial charge in [-0.05, 0) is 43.5 Å². The molecule has 0 saturated heterocycles. The van der Waals surface area contributed by atoms with E-state index in [4.69, 9.17) is 0 Å². The lowest BCUT2D eigenvalue weighted by atomic mass is 10.1. The van der Waals surface area contributed by atoms with Crippen LogP contribution in [0.1, 0.15) is 32.7 Å². The highest BCUT2D eigenvalue weighted by Crippen LogP contribution is 2.20. The zero-order chi connectivity index (χ0) is 18.5. The Labute approximate surface area is 153 Å². The number of hydrogen-bond acceptors (Lipinski definition) is 4. The molecule has 0 aliphatic heterocycles. The predicted octanol–water partition coefficient (Wildman–Crippen LogP) is 4.08. The summed E-state index contributed by atoms with van der Waals surface area (Å²) >= 11 is 0. The van der Waals surface area contributed by atoms with Crippen LogP contribution >= 0.6 is 0 Å². The number of carbonyl (C=O) groups is 1. The lowest BCUT2D eigenvalue weighted by Gasteiger charge is -2.10. The van der Waals surface area contributed by atoms with Crippen LogP contribution in [0.5, 0.6) is 0 Å². The predicted molar refractivity (Wildman–Crippen MR) is 104 cm³/mol. The van der Waals surface area contributed by atoms with Crippen molar-refractivity contribution in [3.05, 3.63) is 82.8 Å². The number of amides is 1. The van der Waals surface area contributed by atoms with Crippen molar-refractivity contribution in [2.45, 2.75) is 27.3 Å². The van der Waals surface area contributed by atoms with Crippen LogP contribution in [0, 0.1) is 20.8 Å². The number of rotatable bonds is 5. The fourth-order valence-electron chi connectivity index (χ4n) is 2.50. The van der Waals surface area contributed by atoms with E-state index in [0.717, 1.165) is 22.4 Å². The number of carbonyl (C=O) groups excluding carboxylic acids is 1. The van der Waals surface area contributed by atoms with Gasteiger partial charge in [-0.3, -0.25) is 4.79 Å². The third-order valence-electron chi connectivity index (χ3n) is 4.11. The second kappa shape index (κ2) is 7.78. The standard InChI is InChI=1S/C21H22N4O/c1-14-5-8-17(9-6-14)11-24-21(26)19-12-23-20(13-22-19)25-18-10-15(2)4-7-16(18)3/h4-10,12-13H,11H2,1-3H3,(H,23,25)(H,24,26). The van der Waals surface area contributed by atoms with Gasteiger partial charge in [-0.15, -0.1) is 0 Å². The van der Waals surface area contributed by atoms with E-state index in [1.54, 1.807) is 6.20 Å². The van der Waals surface area contributed by atoms with Crippen molar-refractivity contribution in [2.24, 2.45) is 0 Å². The van der Waals surface area contributed by atoms with Crippen LogP contribution in [0.3, 0.4) is 0 Å². The molecule has 0 aliphatic carbocycles. The van der Waals surface area contributed by atoms with Crippen molar-refractivity contribution in [3.8, 4) is 0 Å². The Morgan fingerprint density at radius 2 is 1.65 bits per heavy atom. The van der Waals surface area contributed by atoms with Gasteiger partial charge in [0.2, 0.25) is 0 Å². The first-order chi connectivity index (χ1) is 12.5. The number of hydrogen-bond donors (Lipinski definition) is 2. The second-order valence-electron chi connectivity index (χ2n) is 6.40. The number of nitrogens with one attached hydrogen (secondary N) is 2. The van der Waals surface area contributed by atoms with Crippen molar-refractivity contribution >= 4 is 17.4 Å². The fourth-order valence-corrected chi connectivity index (χ4v) is 2.50. The molecule has 1 heterocycles. The first-order valence-corrected chi connectivity index (χ1v) is 8.51. The molecule has 0 radical (unpaired) electrons. The van der Waals surface area contributed by atoms with E-state index in [1.807, 2.05) is 45.0 Å². The second-order valence-corrected chi connectivity index (χ2v) is 6.40. The summed E-state index contributed by atoms with van der Waals surface area (Å²) in [5.74, 6) is 0.366. The molecule has 3 aromatic rings. The number of anilines is 2. The molecule has 2 aromatic carbocycles. The van der Waals surface area contributed by atoms with Crippen molar-refractivity contribution in [3.63, 3.8) is 0 Å². The summed E-state index contributed by atoms with van der Waals surface area (Å²) in [4.78, 5) is 20.7. The Bertz CT molecular complexity index is 902. The number of nitrogens with zero attached hydrogens (tertiary/aromatic N) is 2. The maximum absolute atomic E-state index is 12.2. The molecule has 0 fully saturated rings. The maximum Gasteiger partial charge on any atom is 0.271 e. The summed E-state index contributed by atoms with van der Waals surface area (Å²) < 4.78 is 0. The Hall–Kier alpha value is -3.21. The molecule has 0 bridgehead atoms. The molecule has 3 rings (SSSR count). The molecular formula is C21H22N4O. The Kier molecular flexibility index (Phi) is 5.27. The van der Waals surface area contributed by atoms with Gasteiger partial charge < -0.3 is 10.6 Å². The molecule has 5 heteroatoms. The summed E-state index contributed by atoms with van der Waals surface area (Å²) in [6, 6.07) is 14.2. The van der Waals surface area contributed by atoms with Crippen LogP contribution < -0.4 is 10.6 Å². The van der Waals surface area contributed by atoms with Gasteiger partial charge in [-0.1, -0.05) is 42.0 Å². The maximum atomic E-state index is 12.2. The highest BCUT2D eigenvalue weighted by Gasteiger charge is 2.08. The summed E-state index contributed by atoms with van der Waals surface area (Å²) in [5, 5.41) is 6.10. The van der Waals surface area contributed by atoms with Gasteiger partial charge in [0.1, 0.15) is 11.5 Å². The zero-order valence-electron chi connectivity index (χ0n) is 15.2. The van der Waals surface area contributed by atoms with Crippen molar-refractivity contribution < 1.29 is 4.79 Å². The molecular weight excluding hydrogens is 324 g/mol. The molecule has 2 N–H and O–H groups in total. The molecule has 0 unspecified atom stereocenters. The first-order valence-electron chi connectivity index (χ1n) is 8.51. The summed E-state index contributed by atoms with van der Waals surface area (Å²) in [5.41, 5.74) is 5.80. The largest absolute Gasteiger partial charge is 0.347 e. The molecule has 1 aromatic heterocycles. The van der Waals surface area contributed by atoms with Gasteiger partial charge in [-0.25, -0.2) is 9.97 Å². The van der Waals surface area contributed by atoms with Crippen LogP contribution in [0.15, 0.2) is 54.9 Å². The smallest absolute Gasteiger partial charge is 0.271 e.